The van der Waals surface area contributed by atoms with E-state index in [1.54, 1.807) is 17.2 Å². The molecule has 1 N–H and O–H groups in total. The third-order valence-corrected chi connectivity index (χ3v) is 8.03. The van der Waals surface area contributed by atoms with Crippen LogP contribution in [0.3, 0.4) is 0 Å². The second kappa shape index (κ2) is 6.63. The van der Waals surface area contributed by atoms with Crippen molar-refractivity contribution < 1.29 is 21.6 Å². The maximum absolute atomic E-state index is 15.4. The molecule has 1 saturated carbocycles. The van der Waals surface area contributed by atoms with Crippen molar-refractivity contribution in [2.75, 3.05) is 24.2 Å². The van der Waals surface area contributed by atoms with Crippen LogP contribution in [0.1, 0.15) is 19.3 Å². The topological polar surface area (TPSA) is 75.2 Å². The van der Waals surface area contributed by atoms with Crippen LogP contribution in [0.5, 0.6) is 0 Å². The molecule has 5 rings (SSSR count). The zero-order valence-corrected chi connectivity index (χ0v) is 18.4. The molecule has 32 heavy (non-hydrogen) atoms. The molecule has 1 saturated heterocycles. The van der Waals surface area contributed by atoms with Crippen molar-refractivity contribution in [3.63, 3.8) is 0 Å². The van der Waals surface area contributed by atoms with Crippen molar-refractivity contribution in [2.24, 2.45) is 12.5 Å². The number of hydrogen-bond donors (Lipinski definition) is 1. The third-order valence-electron chi connectivity index (χ3n) is 6.90. The second-order valence-electron chi connectivity index (χ2n) is 8.95. The lowest BCUT2D eigenvalue weighted by molar-refractivity contribution is 0.0536. The predicted octanol–water partition coefficient (Wildman–Crippen LogP) is 3.70. The molecule has 0 bridgehead atoms. The summed E-state index contributed by atoms with van der Waals surface area (Å²) in [7, 11) is -2.22. The maximum Gasteiger partial charge on any atom is 0.274 e. The van der Waals surface area contributed by atoms with Gasteiger partial charge in [0, 0.05) is 67.1 Å². The van der Waals surface area contributed by atoms with Gasteiger partial charge in [-0.05, 0) is 31.0 Å². The van der Waals surface area contributed by atoms with Crippen molar-refractivity contribution in [2.45, 2.75) is 30.1 Å². The van der Waals surface area contributed by atoms with Crippen molar-refractivity contribution >= 4 is 26.4 Å². The van der Waals surface area contributed by atoms with Crippen molar-refractivity contribution in [3.05, 3.63) is 46.8 Å². The summed E-state index contributed by atoms with van der Waals surface area (Å²) in [4.78, 5) is 16.8. The first kappa shape index (κ1) is 21.1. The Labute approximate surface area is 182 Å². The molecule has 0 unspecified atom stereocenters. The molecule has 2 fully saturated rings. The Balaban J connectivity index is 1.62. The number of hydrogen-bond acceptors (Lipinski definition) is 4. The summed E-state index contributed by atoms with van der Waals surface area (Å²) in [6.07, 6.45) is 4.41. The standard InChI is InChI=1S/C22H22F3N3O3S/c1-27-11-15(13-3-6-26-19(13)20(27)29)14-9-18(32(2,30)31)17(10-16(14)23)28-7-4-21(5-8-28)12-22(21,24)25/h3,6,9-11,26H,4-5,7-8,12H2,1-2H3. The summed E-state index contributed by atoms with van der Waals surface area (Å²) in [5.74, 6) is -3.32. The second-order valence-corrected chi connectivity index (χ2v) is 10.9. The quantitative estimate of drug-likeness (QED) is 0.599. The van der Waals surface area contributed by atoms with E-state index < -0.39 is 27.0 Å². The SMILES string of the molecule is Cn1cc(-c2cc(S(C)(=O)=O)c(N3CCC4(CC3)CC4(F)F)cc2F)c2cc[nH]c2c1=O. The Morgan fingerprint density at radius 1 is 1.12 bits per heavy atom. The molecule has 0 atom stereocenters. The molecule has 1 aromatic carbocycles. The number of nitrogens with zero attached hydrogens (tertiary/aromatic N) is 2. The average Bonchev–Trinajstić information content (AvgIpc) is 3.05. The number of fused-ring (bicyclic) bond motifs is 1. The number of rotatable bonds is 3. The van der Waals surface area contributed by atoms with Crippen LogP contribution in [0.15, 0.2) is 40.3 Å². The smallest absolute Gasteiger partial charge is 0.274 e. The van der Waals surface area contributed by atoms with Crippen LogP contribution in [-0.4, -0.2) is 43.2 Å². The number of alkyl halides is 2. The Kier molecular flexibility index (Phi) is 4.37. The summed E-state index contributed by atoms with van der Waals surface area (Å²) >= 11 is 0. The molecule has 2 aliphatic rings. The lowest BCUT2D eigenvalue weighted by atomic mass is 9.92. The lowest BCUT2D eigenvalue weighted by Crippen LogP contribution is -2.37. The first-order valence-electron chi connectivity index (χ1n) is 10.3. The number of nitrogens with one attached hydrogen (secondary N) is 1. The number of aromatic amines is 1. The highest BCUT2D eigenvalue weighted by atomic mass is 32.2. The van der Waals surface area contributed by atoms with Crippen molar-refractivity contribution in [3.8, 4) is 11.1 Å². The number of sulfone groups is 1. The van der Waals surface area contributed by atoms with Crippen LogP contribution in [0.2, 0.25) is 0 Å². The minimum atomic E-state index is -3.76. The highest BCUT2D eigenvalue weighted by Gasteiger charge is 2.70. The van der Waals surface area contributed by atoms with Gasteiger partial charge in [-0.3, -0.25) is 4.79 Å². The van der Waals surface area contributed by atoms with Crippen LogP contribution >= 0.6 is 0 Å². The number of aromatic nitrogens is 2. The van der Waals surface area contributed by atoms with Crippen LogP contribution < -0.4 is 10.5 Å². The lowest BCUT2D eigenvalue weighted by Gasteiger charge is -2.35. The fourth-order valence-electron chi connectivity index (χ4n) is 4.88. The molecule has 0 amide bonds. The predicted molar refractivity (Wildman–Crippen MR) is 115 cm³/mol. The fraction of sp³-hybridized carbons (Fsp3) is 0.409. The van der Waals surface area contributed by atoms with Gasteiger partial charge in [0.05, 0.1) is 10.6 Å². The summed E-state index contributed by atoms with van der Waals surface area (Å²) in [5, 5.41) is 0.482. The van der Waals surface area contributed by atoms with E-state index in [0.717, 1.165) is 6.26 Å². The Bertz CT molecular complexity index is 1420. The van der Waals surface area contributed by atoms with Crippen LogP contribution in [0.4, 0.5) is 18.9 Å². The molecule has 3 aromatic rings. The van der Waals surface area contributed by atoms with E-state index in [2.05, 4.69) is 4.98 Å². The van der Waals surface area contributed by atoms with Crippen LogP contribution in [0, 0.1) is 11.2 Å². The van der Waals surface area contributed by atoms with E-state index in [1.807, 2.05) is 0 Å². The number of H-pyrrole nitrogens is 1. The number of benzene rings is 1. The van der Waals surface area contributed by atoms with Gasteiger partial charge in [-0.1, -0.05) is 0 Å². The van der Waals surface area contributed by atoms with Crippen LogP contribution in [0.25, 0.3) is 22.0 Å². The maximum atomic E-state index is 15.4. The Hall–Kier alpha value is -2.75. The van der Waals surface area contributed by atoms with E-state index in [-0.39, 0.29) is 54.1 Å². The number of anilines is 1. The van der Waals surface area contributed by atoms with E-state index in [9.17, 15) is 22.0 Å². The zero-order valence-electron chi connectivity index (χ0n) is 17.6. The van der Waals surface area contributed by atoms with Gasteiger partial charge in [-0.2, -0.15) is 0 Å². The average molecular weight is 465 g/mol. The van der Waals surface area contributed by atoms with Crippen molar-refractivity contribution in [1.82, 2.24) is 9.55 Å². The zero-order chi connectivity index (χ0) is 23.1. The van der Waals surface area contributed by atoms with Gasteiger partial charge in [0.15, 0.2) is 9.84 Å². The van der Waals surface area contributed by atoms with Crippen molar-refractivity contribution in [1.29, 1.82) is 0 Å². The highest BCUT2D eigenvalue weighted by molar-refractivity contribution is 7.90. The van der Waals surface area contributed by atoms with Gasteiger partial charge < -0.3 is 14.5 Å². The molecule has 2 aromatic heterocycles. The van der Waals surface area contributed by atoms with Gasteiger partial charge in [-0.25, -0.2) is 21.6 Å². The minimum Gasteiger partial charge on any atom is -0.370 e. The minimum absolute atomic E-state index is 0.0524. The summed E-state index contributed by atoms with van der Waals surface area (Å²) in [6, 6.07) is 4.08. The van der Waals surface area contributed by atoms with E-state index in [4.69, 9.17) is 0 Å². The largest absolute Gasteiger partial charge is 0.370 e. The summed E-state index contributed by atoms with van der Waals surface area (Å²) < 4.78 is 69.4. The molecule has 1 spiro atoms. The molecular formula is C22H22F3N3O3S. The van der Waals surface area contributed by atoms with E-state index in [1.165, 1.54) is 29.9 Å². The molecule has 1 aliphatic heterocycles. The summed E-state index contributed by atoms with van der Waals surface area (Å²) in [5.41, 5.74) is -0.372. The molecule has 1 aliphatic carbocycles. The number of aryl methyl sites for hydroxylation is 1. The fourth-order valence-corrected chi connectivity index (χ4v) is 5.78. The molecule has 0 radical (unpaired) electrons. The summed E-state index contributed by atoms with van der Waals surface area (Å²) in [6.45, 7) is 0.470. The van der Waals surface area contributed by atoms with E-state index in [0.29, 0.717) is 16.5 Å². The van der Waals surface area contributed by atoms with E-state index >= 15 is 4.39 Å². The molecule has 3 heterocycles. The number of pyridine rings is 1. The molecule has 170 valence electrons. The third kappa shape index (κ3) is 3.07. The van der Waals surface area contributed by atoms with Gasteiger partial charge >= 0.3 is 0 Å². The first-order chi connectivity index (χ1) is 14.9. The molecule has 6 nitrogen and oxygen atoms in total. The first-order valence-corrected chi connectivity index (χ1v) is 12.2. The number of piperidine rings is 1. The highest BCUT2D eigenvalue weighted by Crippen LogP contribution is 2.66. The Morgan fingerprint density at radius 3 is 2.38 bits per heavy atom. The van der Waals surface area contributed by atoms with Gasteiger partial charge in [0.2, 0.25) is 0 Å². The Morgan fingerprint density at radius 2 is 1.78 bits per heavy atom. The molecule has 10 heteroatoms. The molecular weight excluding hydrogens is 443 g/mol. The van der Waals surface area contributed by atoms with Gasteiger partial charge in [-0.15, -0.1) is 0 Å². The van der Waals surface area contributed by atoms with Gasteiger partial charge in [0.25, 0.3) is 11.5 Å². The normalized spacial score (nSPS) is 19.6. The van der Waals surface area contributed by atoms with Gasteiger partial charge in [0.1, 0.15) is 11.3 Å². The number of halogens is 3. The monoisotopic (exact) mass is 465 g/mol. The van der Waals surface area contributed by atoms with Crippen LogP contribution in [-0.2, 0) is 16.9 Å².